The molecule has 178 valence electrons. The number of carboxylic acids is 2. The molecule has 0 aliphatic carbocycles. The van der Waals surface area contributed by atoms with E-state index in [4.69, 9.17) is 11.5 Å². The maximum atomic E-state index is 13.6. The van der Waals surface area contributed by atoms with Crippen LogP contribution in [-0.4, -0.2) is 63.8 Å². The molecule has 1 aliphatic rings. The van der Waals surface area contributed by atoms with Gasteiger partial charge in [0.05, 0.1) is 6.54 Å². The first-order chi connectivity index (χ1) is 15.8. The zero-order chi connectivity index (χ0) is 24.0. The van der Waals surface area contributed by atoms with Gasteiger partial charge in [0, 0.05) is 19.3 Å². The summed E-state index contributed by atoms with van der Waals surface area (Å²) in [6, 6.07) is 10.5. The second-order valence-electron chi connectivity index (χ2n) is 8.91. The number of carbonyl (C=O) groups excluding carboxylic acids is 1. The van der Waals surface area contributed by atoms with Crippen LogP contribution in [0.2, 0.25) is 0 Å². The van der Waals surface area contributed by atoms with E-state index in [0.29, 0.717) is 38.6 Å². The molecule has 2 aromatic rings. The van der Waals surface area contributed by atoms with Crippen molar-refractivity contribution in [1.82, 2.24) is 0 Å². The molecular formula is C25H34N3O5+. The standard InChI is InChI=1S/C25H33N3O5/c26-15-4-3-11-20(27)23(29)28(16-6-12-21(28)24(30)31)22(25(32)33)14-13-18-9-5-8-17-7-1-2-10-19(17)18/h1-2,5,7-10,20-22H,3-4,6,11-16,26-27H2,(H-,30,31,32,33)/p+1/t20-,21-,22?,28?/m0/s1. The van der Waals surface area contributed by atoms with Crippen LogP contribution >= 0.6 is 0 Å². The van der Waals surface area contributed by atoms with Crippen molar-refractivity contribution in [2.45, 2.75) is 63.1 Å². The van der Waals surface area contributed by atoms with E-state index in [2.05, 4.69) is 0 Å². The molecule has 33 heavy (non-hydrogen) atoms. The molecule has 1 amide bonds. The highest BCUT2D eigenvalue weighted by Gasteiger charge is 2.59. The predicted molar refractivity (Wildman–Crippen MR) is 125 cm³/mol. The van der Waals surface area contributed by atoms with Gasteiger partial charge in [0.2, 0.25) is 0 Å². The number of hydrogen-bond acceptors (Lipinski definition) is 5. The molecule has 0 spiro atoms. The van der Waals surface area contributed by atoms with Crippen LogP contribution in [-0.2, 0) is 20.8 Å². The SMILES string of the molecule is NCCCC[C@H](N)C(=O)[N+]1(C(CCc2cccc3ccccc23)C(=O)O)CCC[C@H]1C(=O)O. The van der Waals surface area contributed by atoms with Gasteiger partial charge in [-0.1, -0.05) is 42.5 Å². The average Bonchev–Trinajstić information content (AvgIpc) is 3.24. The zero-order valence-corrected chi connectivity index (χ0v) is 18.9. The zero-order valence-electron chi connectivity index (χ0n) is 18.9. The van der Waals surface area contributed by atoms with Gasteiger partial charge in [-0.15, -0.1) is 0 Å². The van der Waals surface area contributed by atoms with Crippen LogP contribution in [0.5, 0.6) is 0 Å². The van der Waals surface area contributed by atoms with Gasteiger partial charge < -0.3 is 21.7 Å². The van der Waals surface area contributed by atoms with Crippen LogP contribution in [0, 0.1) is 0 Å². The number of aryl methyl sites for hydroxylation is 1. The summed E-state index contributed by atoms with van der Waals surface area (Å²) in [5.41, 5.74) is 12.7. The van der Waals surface area contributed by atoms with Crippen molar-refractivity contribution in [2.24, 2.45) is 11.5 Å². The number of nitrogens with zero attached hydrogens (tertiary/aromatic N) is 1. The summed E-state index contributed by atoms with van der Waals surface area (Å²) in [4.78, 5) is 38.3. The molecule has 1 aliphatic heterocycles. The molecule has 0 radical (unpaired) electrons. The summed E-state index contributed by atoms with van der Waals surface area (Å²) in [6.07, 6.45) is 2.99. The summed E-state index contributed by atoms with van der Waals surface area (Å²) < 4.78 is -0.612. The monoisotopic (exact) mass is 456 g/mol. The fourth-order valence-corrected chi connectivity index (χ4v) is 5.34. The number of fused-ring (bicyclic) bond motifs is 1. The van der Waals surface area contributed by atoms with Crippen LogP contribution < -0.4 is 11.5 Å². The van der Waals surface area contributed by atoms with Gasteiger partial charge in [0.1, 0.15) is 6.04 Å². The highest BCUT2D eigenvalue weighted by atomic mass is 16.4. The predicted octanol–water partition coefficient (Wildman–Crippen LogP) is 2.27. The summed E-state index contributed by atoms with van der Waals surface area (Å²) >= 11 is 0. The molecule has 2 unspecified atom stereocenters. The number of amides is 1. The van der Waals surface area contributed by atoms with Crippen LogP contribution in [0.4, 0.5) is 0 Å². The second-order valence-corrected chi connectivity index (χ2v) is 8.91. The van der Waals surface area contributed by atoms with Gasteiger partial charge in [-0.3, -0.25) is 0 Å². The van der Waals surface area contributed by atoms with Crippen LogP contribution in [0.3, 0.4) is 0 Å². The Morgan fingerprint density at radius 2 is 1.76 bits per heavy atom. The number of carbonyl (C=O) groups is 3. The lowest BCUT2D eigenvalue weighted by atomic mass is 9.95. The topological polar surface area (TPSA) is 144 Å². The Bertz CT molecular complexity index is 1010. The molecule has 1 heterocycles. The van der Waals surface area contributed by atoms with Crippen molar-refractivity contribution in [3.8, 4) is 0 Å². The maximum Gasteiger partial charge on any atom is 0.363 e. The van der Waals surface area contributed by atoms with Gasteiger partial charge in [-0.2, -0.15) is 0 Å². The van der Waals surface area contributed by atoms with Crippen molar-refractivity contribution in [3.63, 3.8) is 0 Å². The van der Waals surface area contributed by atoms with E-state index in [1.807, 2.05) is 42.5 Å². The Kier molecular flexibility index (Phi) is 8.18. The Hall–Kier alpha value is -2.81. The molecule has 1 saturated heterocycles. The molecule has 8 nitrogen and oxygen atoms in total. The van der Waals surface area contributed by atoms with E-state index in [-0.39, 0.29) is 19.4 Å². The third-order valence-corrected chi connectivity index (χ3v) is 6.95. The number of nitrogens with two attached hydrogens (primary N) is 2. The Morgan fingerprint density at radius 1 is 1.03 bits per heavy atom. The maximum absolute atomic E-state index is 13.6. The molecular weight excluding hydrogens is 422 g/mol. The summed E-state index contributed by atoms with van der Waals surface area (Å²) in [7, 11) is 0. The summed E-state index contributed by atoms with van der Waals surface area (Å²) in [6.45, 7) is 0.647. The van der Waals surface area contributed by atoms with E-state index in [9.17, 15) is 24.6 Å². The minimum absolute atomic E-state index is 0.147. The first-order valence-corrected chi connectivity index (χ1v) is 11.6. The molecule has 2 aromatic carbocycles. The number of unbranched alkanes of at least 4 members (excludes halogenated alkanes) is 1. The lowest BCUT2D eigenvalue weighted by Gasteiger charge is -2.41. The number of rotatable bonds is 11. The van der Waals surface area contributed by atoms with E-state index in [0.717, 1.165) is 16.3 Å². The number of likely N-dealkylation sites (tertiary alicyclic amines) is 1. The lowest BCUT2D eigenvalue weighted by molar-refractivity contribution is -0.875. The highest BCUT2D eigenvalue weighted by Crippen LogP contribution is 2.35. The number of carboxylic acid groups (broad SMARTS) is 2. The molecule has 0 aromatic heterocycles. The average molecular weight is 457 g/mol. The second kappa shape index (κ2) is 10.9. The quantitative estimate of drug-likeness (QED) is 0.300. The van der Waals surface area contributed by atoms with Crippen LogP contribution in [0.1, 0.15) is 44.1 Å². The fourth-order valence-electron chi connectivity index (χ4n) is 5.34. The first kappa shape index (κ1) is 24.8. The number of aliphatic carboxylic acids is 2. The molecule has 3 rings (SSSR count). The largest absolute Gasteiger partial charge is 0.477 e. The van der Waals surface area contributed by atoms with E-state index >= 15 is 0 Å². The number of hydrogen-bond donors (Lipinski definition) is 4. The third-order valence-electron chi connectivity index (χ3n) is 6.95. The van der Waals surface area contributed by atoms with Crippen molar-refractivity contribution in [2.75, 3.05) is 13.1 Å². The van der Waals surface area contributed by atoms with Gasteiger partial charge in [0.25, 0.3) is 0 Å². The van der Waals surface area contributed by atoms with Crippen LogP contribution in [0.25, 0.3) is 10.8 Å². The van der Waals surface area contributed by atoms with Crippen molar-refractivity contribution in [1.29, 1.82) is 0 Å². The first-order valence-electron chi connectivity index (χ1n) is 11.6. The summed E-state index contributed by atoms with van der Waals surface area (Å²) in [5.74, 6) is -2.79. The van der Waals surface area contributed by atoms with Crippen LogP contribution in [0.15, 0.2) is 42.5 Å². The Labute approximate surface area is 193 Å². The van der Waals surface area contributed by atoms with Crippen molar-refractivity contribution >= 4 is 28.6 Å². The van der Waals surface area contributed by atoms with Crippen molar-refractivity contribution in [3.05, 3.63) is 48.0 Å². The Morgan fingerprint density at radius 3 is 2.45 bits per heavy atom. The third kappa shape index (κ3) is 5.08. The van der Waals surface area contributed by atoms with E-state index in [1.54, 1.807) is 0 Å². The van der Waals surface area contributed by atoms with Crippen molar-refractivity contribution < 1.29 is 29.1 Å². The molecule has 4 atom stereocenters. The molecule has 8 heteroatoms. The number of benzene rings is 2. The normalized spacial score (nSPS) is 22.2. The molecule has 0 saturated carbocycles. The smallest absolute Gasteiger partial charge is 0.363 e. The Balaban J connectivity index is 1.94. The minimum Gasteiger partial charge on any atom is -0.477 e. The minimum atomic E-state index is -1.18. The molecule has 1 fully saturated rings. The molecule has 6 N–H and O–H groups in total. The van der Waals surface area contributed by atoms with E-state index in [1.165, 1.54) is 0 Å². The highest BCUT2D eigenvalue weighted by molar-refractivity contribution is 5.86. The van der Waals surface area contributed by atoms with Gasteiger partial charge in [0.15, 0.2) is 12.1 Å². The summed E-state index contributed by atoms with van der Waals surface area (Å²) in [5, 5.41) is 22.2. The lowest BCUT2D eigenvalue weighted by Crippen LogP contribution is -2.69. The van der Waals surface area contributed by atoms with Gasteiger partial charge in [-0.05, 0) is 48.6 Å². The van der Waals surface area contributed by atoms with Gasteiger partial charge >= 0.3 is 17.8 Å². The number of quaternary nitrogens is 1. The van der Waals surface area contributed by atoms with E-state index < -0.39 is 40.5 Å². The fraction of sp³-hybridized carbons (Fsp3) is 0.480. The van der Waals surface area contributed by atoms with Gasteiger partial charge in [-0.25, -0.2) is 18.9 Å². The molecule has 0 bridgehead atoms.